The Bertz CT molecular complexity index is 769. The van der Waals surface area contributed by atoms with Crippen LogP contribution in [0, 0.1) is 6.92 Å². The van der Waals surface area contributed by atoms with Gasteiger partial charge in [0.05, 0.1) is 12.8 Å². The van der Waals surface area contributed by atoms with E-state index in [2.05, 4.69) is 19.9 Å². The van der Waals surface area contributed by atoms with Gasteiger partial charge in [0, 0.05) is 0 Å². The molecule has 0 bridgehead atoms. The summed E-state index contributed by atoms with van der Waals surface area (Å²) in [6, 6.07) is 3.70. The van der Waals surface area contributed by atoms with Crippen LogP contribution in [0.25, 0.3) is 22.6 Å². The van der Waals surface area contributed by atoms with Gasteiger partial charge in [-0.2, -0.15) is 9.97 Å². The van der Waals surface area contributed by atoms with E-state index in [1.165, 1.54) is 0 Å². The smallest absolute Gasteiger partial charge is 0.247 e. The maximum atomic E-state index is 5.62. The second-order valence-electron chi connectivity index (χ2n) is 4.16. The second-order valence-corrected chi connectivity index (χ2v) is 4.16. The summed E-state index contributed by atoms with van der Waals surface area (Å²) in [4.78, 5) is 16.8. The Balaban J connectivity index is 2.18. The average molecular weight is 271 g/mol. The zero-order valence-electron chi connectivity index (χ0n) is 11.1. The van der Waals surface area contributed by atoms with Crippen molar-refractivity contribution in [3.05, 3.63) is 24.1 Å². The Hall–Kier alpha value is -2.70. The molecule has 3 aromatic rings. The van der Waals surface area contributed by atoms with Gasteiger partial charge in [0.2, 0.25) is 11.8 Å². The van der Waals surface area contributed by atoms with Crippen LogP contribution in [0.2, 0.25) is 0 Å². The first-order valence-electron chi connectivity index (χ1n) is 6.17. The lowest BCUT2D eigenvalue weighted by Crippen LogP contribution is -2.04. The third kappa shape index (κ3) is 2.13. The maximum Gasteiger partial charge on any atom is 0.247 e. The van der Waals surface area contributed by atoms with Crippen molar-refractivity contribution in [2.24, 2.45) is 0 Å². The molecule has 20 heavy (non-hydrogen) atoms. The van der Waals surface area contributed by atoms with E-state index in [0.29, 0.717) is 35.1 Å². The van der Waals surface area contributed by atoms with Gasteiger partial charge in [-0.05, 0) is 26.0 Å². The van der Waals surface area contributed by atoms with Crippen LogP contribution in [-0.4, -0.2) is 26.5 Å². The standard InChI is InChI=1S/C13H13N5O2/c1-3-19-12-10-11(17-13(14)18-12)15-6-8(16-10)9-5-4-7(2)20-9/h4-6H,3H2,1-2H3,(H2,14,15,17,18). The zero-order valence-corrected chi connectivity index (χ0v) is 11.1. The largest absolute Gasteiger partial charge is 0.476 e. The molecule has 102 valence electrons. The fraction of sp³-hybridized carbons (Fsp3) is 0.231. The third-order valence-corrected chi connectivity index (χ3v) is 2.67. The molecule has 0 aliphatic carbocycles. The number of fused-ring (bicyclic) bond motifs is 1. The highest BCUT2D eigenvalue weighted by molar-refractivity contribution is 5.78. The van der Waals surface area contributed by atoms with E-state index < -0.39 is 0 Å². The number of aromatic nitrogens is 4. The van der Waals surface area contributed by atoms with E-state index in [4.69, 9.17) is 14.9 Å². The summed E-state index contributed by atoms with van der Waals surface area (Å²) in [6.07, 6.45) is 1.59. The van der Waals surface area contributed by atoms with E-state index in [0.717, 1.165) is 5.76 Å². The quantitative estimate of drug-likeness (QED) is 0.777. The predicted octanol–water partition coefficient (Wildman–Crippen LogP) is 1.97. The first-order valence-corrected chi connectivity index (χ1v) is 6.17. The molecule has 0 atom stereocenters. The molecule has 3 aromatic heterocycles. The number of aryl methyl sites for hydroxylation is 1. The summed E-state index contributed by atoms with van der Waals surface area (Å²) in [5.41, 5.74) is 7.08. The highest BCUT2D eigenvalue weighted by Crippen LogP contribution is 2.25. The molecule has 2 N–H and O–H groups in total. The van der Waals surface area contributed by atoms with Crippen molar-refractivity contribution >= 4 is 17.1 Å². The van der Waals surface area contributed by atoms with E-state index in [1.807, 2.05) is 26.0 Å². The van der Waals surface area contributed by atoms with Gasteiger partial charge in [-0.3, -0.25) is 0 Å². The number of rotatable bonds is 3. The van der Waals surface area contributed by atoms with Crippen LogP contribution >= 0.6 is 0 Å². The molecule has 0 radical (unpaired) electrons. The van der Waals surface area contributed by atoms with Crippen LogP contribution in [0.5, 0.6) is 5.88 Å². The fourth-order valence-electron chi connectivity index (χ4n) is 1.83. The molecule has 0 saturated carbocycles. The fourth-order valence-corrected chi connectivity index (χ4v) is 1.83. The summed E-state index contributed by atoms with van der Waals surface area (Å²) in [5.74, 6) is 1.88. The number of hydrogen-bond acceptors (Lipinski definition) is 7. The molecule has 7 heteroatoms. The lowest BCUT2D eigenvalue weighted by Gasteiger charge is -2.06. The van der Waals surface area contributed by atoms with Crippen molar-refractivity contribution in [2.75, 3.05) is 12.3 Å². The number of ether oxygens (including phenoxy) is 1. The van der Waals surface area contributed by atoms with Gasteiger partial charge in [0.1, 0.15) is 11.5 Å². The molecule has 0 aliphatic rings. The van der Waals surface area contributed by atoms with Gasteiger partial charge >= 0.3 is 0 Å². The topological polar surface area (TPSA) is 100.0 Å². The lowest BCUT2D eigenvalue weighted by molar-refractivity contribution is 0.330. The van der Waals surface area contributed by atoms with Gasteiger partial charge in [0.25, 0.3) is 0 Å². The molecule has 0 saturated heterocycles. The van der Waals surface area contributed by atoms with E-state index >= 15 is 0 Å². The lowest BCUT2D eigenvalue weighted by atomic mass is 10.3. The normalized spacial score (nSPS) is 10.9. The van der Waals surface area contributed by atoms with Gasteiger partial charge in [-0.25, -0.2) is 9.97 Å². The van der Waals surface area contributed by atoms with Crippen LogP contribution in [0.4, 0.5) is 5.95 Å². The minimum absolute atomic E-state index is 0.108. The summed E-state index contributed by atoms with van der Waals surface area (Å²) in [7, 11) is 0. The monoisotopic (exact) mass is 271 g/mol. The highest BCUT2D eigenvalue weighted by Gasteiger charge is 2.13. The number of nitrogens with two attached hydrogens (primary N) is 1. The minimum Gasteiger partial charge on any atom is -0.476 e. The van der Waals surface area contributed by atoms with Gasteiger partial charge in [-0.15, -0.1) is 0 Å². The van der Waals surface area contributed by atoms with Crippen LogP contribution in [0.15, 0.2) is 22.7 Å². The minimum atomic E-state index is 0.108. The molecule has 0 fully saturated rings. The molecule has 3 heterocycles. The molecule has 0 spiro atoms. The van der Waals surface area contributed by atoms with Crippen molar-refractivity contribution in [3.63, 3.8) is 0 Å². The van der Waals surface area contributed by atoms with Gasteiger partial charge in [0.15, 0.2) is 16.9 Å². The summed E-state index contributed by atoms with van der Waals surface area (Å²) in [6.45, 7) is 4.18. The molecule has 0 amide bonds. The number of anilines is 1. The molecule has 0 aromatic carbocycles. The average Bonchev–Trinajstić information content (AvgIpc) is 2.85. The molecule has 7 nitrogen and oxygen atoms in total. The predicted molar refractivity (Wildman–Crippen MR) is 73.1 cm³/mol. The summed E-state index contributed by atoms with van der Waals surface area (Å²) < 4.78 is 11.0. The number of nitrogens with zero attached hydrogens (tertiary/aromatic N) is 4. The Morgan fingerprint density at radius 3 is 2.80 bits per heavy atom. The van der Waals surface area contributed by atoms with Crippen LogP contribution in [0.3, 0.4) is 0 Å². The van der Waals surface area contributed by atoms with E-state index in [-0.39, 0.29) is 5.95 Å². The van der Waals surface area contributed by atoms with Crippen molar-refractivity contribution in [1.82, 2.24) is 19.9 Å². The Labute approximate surface area is 114 Å². The number of nitrogen functional groups attached to an aromatic ring is 1. The van der Waals surface area contributed by atoms with Crippen molar-refractivity contribution in [1.29, 1.82) is 0 Å². The van der Waals surface area contributed by atoms with E-state index in [9.17, 15) is 0 Å². The first-order chi connectivity index (χ1) is 9.67. The summed E-state index contributed by atoms with van der Waals surface area (Å²) in [5, 5.41) is 0. The zero-order chi connectivity index (χ0) is 14.1. The van der Waals surface area contributed by atoms with Gasteiger partial charge in [-0.1, -0.05) is 0 Å². The van der Waals surface area contributed by atoms with Crippen LogP contribution < -0.4 is 10.5 Å². The van der Waals surface area contributed by atoms with Crippen molar-refractivity contribution < 1.29 is 9.15 Å². The van der Waals surface area contributed by atoms with Crippen molar-refractivity contribution in [2.45, 2.75) is 13.8 Å². The molecular weight excluding hydrogens is 258 g/mol. The molecule has 3 rings (SSSR count). The SMILES string of the molecule is CCOc1nc(N)nc2ncc(-c3ccc(C)o3)nc12. The third-order valence-electron chi connectivity index (χ3n) is 2.67. The van der Waals surface area contributed by atoms with Crippen LogP contribution in [0.1, 0.15) is 12.7 Å². The second kappa shape index (κ2) is 4.76. The van der Waals surface area contributed by atoms with E-state index in [1.54, 1.807) is 6.20 Å². The Morgan fingerprint density at radius 2 is 2.10 bits per heavy atom. The highest BCUT2D eigenvalue weighted by atomic mass is 16.5. The molecule has 0 aliphatic heterocycles. The van der Waals surface area contributed by atoms with Gasteiger partial charge < -0.3 is 14.9 Å². The Morgan fingerprint density at radius 1 is 1.25 bits per heavy atom. The van der Waals surface area contributed by atoms with Crippen LogP contribution in [-0.2, 0) is 0 Å². The van der Waals surface area contributed by atoms with Crippen molar-refractivity contribution in [3.8, 4) is 17.3 Å². The first kappa shape index (κ1) is 12.3. The molecular formula is C13H13N5O2. The number of furan rings is 1. The molecule has 0 unspecified atom stereocenters. The maximum absolute atomic E-state index is 5.62. The Kier molecular flexibility index (Phi) is 2.94. The summed E-state index contributed by atoms with van der Waals surface area (Å²) >= 11 is 0. The number of hydrogen-bond donors (Lipinski definition) is 1.